The normalized spacial score (nSPS) is 14.8. The lowest BCUT2D eigenvalue weighted by Gasteiger charge is -2.21. The number of aliphatic hydroxyl groups excluding tert-OH is 1. The zero-order chi connectivity index (χ0) is 12.1. The highest BCUT2D eigenvalue weighted by Gasteiger charge is 2.14. The predicted molar refractivity (Wildman–Crippen MR) is 66.8 cm³/mol. The van der Waals surface area contributed by atoms with Crippen LogP contribution in [0.5, 0.6) is 0 Å². The van der Waals surface area contributed by atoms with Crippen molar-refractivity contribution in [2.45, 2.75) is 32.4 Å². The molecule has 0 radical (unpaired) electrons. The van der Waals surface area contributed by atoms with Crippen LogP contribution >= 0.6 is 15.9 Å². The highest BCUT2D eigenvalue weighted by Crippen LogP contribution is 2.21. The van der Waals surface area contributed by atoms with E-state index in [9.17, 15) is 4.39 Å². The van der Waals surface area contributed by atoms with Gasteiger partial charge in [-0.15, -0.1) is 0 Å². The van der Waals surface area contributed by atoms with E-state index in [1.165, 1.54) is 6.07 Å². The van der Waals surface area contributed by atoms with E-state index in [2.05, 4.69) is 21.2 Å². The zero-order valence-corrected chi connectivity index (χ0v) is 11.1. The Hall–Kier alpha value is -0.450. The summed E-state index contributed by atoms with van der Waals surface area (Å²) in [6.45, 7) is 3.95. The third-order valence-corrected chi connectivity index (χ3v) is 3.12. The van der Waals surface area contributed by atoms with Crippen molar-refractivity contribution in [3.05, 3.63) is 34.1 Å². The number of benzene rings is 1. The van der Waals surface area contributed by atoms with Gasteiger partial charge in [0.05, 0.1) is 6.61 Å². The number of hydrogen-bond donors (Lipinski definition) is 2. The minimum absolute atomic E-state index is 0.0121. The van der Waals surface area contributed by atoms with Crippen molar-refractivity contribution in [1.29, 1.82) is 0 Å². The predicted octanol–water partition coefficient (Wildman–Crippen LogP) is 3.01. The van der Waals surface area contributed by atoms with E-state index in [1.54, 1.807) is 6.07 Å². The SMILES string of the molecule is CCC(CO)NC(C)c1ccc(Br)cc1F. The van der Waals surface area contributed by atoms with Gasteiger partial charge in [0.2, 0.25) is 0 Å². The Morgan fingerprint density at radius 2 is 2.19 bits per heavy atom. The summed E-state index contributed by atoms with van der Waals surface area (Å²) < 4.78 is 14.4. The molecule has 0 bridgehead atoms. The average molecular weight is 290 g/mol. The van der Waals surface area contributed by atoms with Crippen LogP contribution in [-0.4, -0.2) is 17.8 Å². The van der Waals surface area contributed by atoms with Crippen LogP contribution in [0.4, 0.5) is 4.39 Å². The lowest BCUT2D eigenvalue weighted by molar-refractivity contribution is 0.229. The molecule has 0 saturated heterocycles. The second kappa shape index (κ2) is 6.33. The van der Waals surface area contributed by atoms with E-state index in [4.69, 9.17) is 5.11 Å². The molecule has 0 fully saturated rings. The summed E-state index contributed by atoms with van der Waals surface area (Å²) in [7, 11) is 0. The molecule has 2 atom stereocenters. The summed E-state index contributed by atoms with van der Waals surface area (Å²) in [4.78, 5) is 0. The van der Waals surface area contributed by atoms with Gasteiger partial charge in [-0.3, -0.25) is 0 Å². The minimum atomic E-state index is -0.234. The fourth-order valence-corrected chi connectivity index (χ4v) is 1.93. The number of rotatable bonds is 5. The first-order chi connectivity index (χ1) is 7.58. The van der Waals surface area contributed by atoms with Crippen LogP contribution < -0.4 is 5.32 Å². The minimum Gasteiger partial charge on any atom is -0.395 e. The van der Waals surface area contributed by atoms with E-state index < -0.39 is 0 Å². The lowest BCUT2D eigenvalue weighted by atomic mass is 10.1. The molecule has 0 amide bonds. The van der Waals surface area contributed by atoms with Gasteiger partial charge in [-0.2, -0.15) is 0 Å². The van der Waals surface area contributed by atoms with Crippen LogP contribution in [0.25, 0.3) is 0 Å². The van der Waals surface area contributed by atoms with Crippen molar-refractivity contribution in [3.63, 3.8) is 0 Å². The maximum Gasteiger partial charge on any atom is 0.129 e. The number of nitrogens with one attached hydrogen (secondary N) is 1. The Kier molecular flexibility index (Phi) is 5.38. The lowest BCUT2D eigenvalue weighted by Crippen LogP contribution is -2.34. The highest BCUT2D eigenvalue weighted by atomic mass is 79.9. The van der Waals surface area contributed by atoms with Gasteiger partial charge in [0.15, 0.2) is 0 Å². The van der Waals surface area contributed by atoms with E-state index in [0.717, 1.165) is 10.9 Å². The first-order valence-corrected chi connectivity index (χ1v) is 6.19. The van der Waals surface area contributed by atoms with Gasteiger partial charge in [-0.1, -0.05) is 28.9 Å². The third-order valence-electron chi connectivity index (χ3n) is 2.63. The van der Waals surface area contributed by atoms with E-state index in [1.807, 2.05) is 19.9 Å². The first kappa shape index (κ1) is 13.6. The Morgan fingerprint density at radius 1 is 1.50 bits per heavy atom. The van der Waals surface area contributed by atoms with E-state index in [-0.39, 0.29) is 24.5 Å². The molecule has 0 aliphatic heterocycles. The molecule has 0 aliphatic rings. The molecule has 2 nitrogen and oxygen atoms in total. The van der Waals surface area contributed by atoms with Crippen molar-refractivity contribution >= 4 is 15.9 Å². The molecule has 1 aromatic rings. The Balaban J connectivity index is 2.76. The van der Waals surface area contributed by atoms with Crippen LogP contribution in [0.2, 0.25) is 0 Å². The fourth-order valence-electron chi connectivity index (χ4n) is 1.60. The molecular formula is C12H17BrFNO. The molecule has 0 saturated carbocycles. The smallest absolute Gasteiger partial charge is 0.129 e. The van der Waals surface area contributed by atoms with Crippen LogP contribution in [0, 0.1) is 5.82 Å². The van der Waals surface area contributed by atoms with Gasteiger partial charge in [0, 0.05) is 22.1 Å². The van der Waals surface area contributed by atoms with E-state index in [0.29, 0.717) is 5.56 Å². The van der Waals surface area contributed by atoms with Gasteiger partial charge in [0.1, 0.15) is 5.82 Å². The number of halogens is 2. The Morgan fingerprint density at radius 3 is 2.69 bits per heavy atom. The first-order valence-electron chi connectivity index (χ1n) is 5.40. The van der Waals surface area contributed by atoms with Gasteiger partial charge >= 0.3 is 0 Å². The summed E-state index contributed by atoms with van der Waals surface area (Å²) in [6, 6.07) is 4.92. The molecule has 2 N–H and O–H groups in total. The van der Waals surface area contributed by atoms with Crippen molar-refractivity contribution in [2.24, 2.45) is 0 Å². The summed E-state index contributed by atoms with van der Waals surface area (Å²) >= 11 is 3.22. The van der Waals surface area contributed by atoms with Crippen LogP contribution in [0.1, 0.15) is 31.9 Å². The molecule has 0 aliphatic carbocycles. The second-order valence-electron chi connectivity index (χ2n) is 3.84. The van der Waals surface area contributed by atoms with Crippen molar-refractivity contribution in [3.8, 4) is 0 Å². The molecule has 0 heterocycles. The molecule has 4 heteroatoms. The van der Waals surface area contributed by atoms with Crippen LogP contribution in [0.15, 0.2) is 22.7 Å². The van der Waals surface area contributed by atoms with Crippen molar-refractivity contribution in [1.82, 2.24) is 5.32 Å². The highest BCUT2D eigenvalue weighted by molar-refractivity contribution is 9.10. The van der Waals surface area contributed by atoms with Crippen molar-refractivity contribution in [2.75, 3.05) is 6.61 Å². The molecule has 16 heavy (non-hydrogen) atoms. The largest absolute Gasteiger partial charge is 0.395 e. The molecule has 1 aromatic carbocycles. The zero-order valence-electron chi connectivity index (χ0n) is 9.50. The fraction of sp³-hybridized carbons (Fsp3) is 0.500. The summed E-state index contributed by atoms with van der Waals surface area (Å²) in [5.41, 5.74) is 0.620. The molecule has 90 valence electrons. The van der Waals surface area contributed by atoms with Gasteiger partial charge < -0.3 is 10.4 Å². The van der Waals surface area contributed by atoms with Crippen molar-refractivity contribution < 1.29 is 9.50 Å². The monoisotopic (exact) mass is 289 g/mol. The molecule has 0 spiro atoms. The maximum atomic E-state index is 13.6. The Labute approximate surface area is 104 Å². The maximum absolute atomic E-state index is 13.6. The van der Waals surface area contributed by atoms with Crippen LogP contribution in [0.3, 0.4) is 0 Å². The topological polar surface area (TPSA) is 32.3 Å². The third kappa shape index (κ3) is 3.54. The summed E-state index contributed by atoms with van der Waals surface area (Å²) in [6.07, 6.45) is 0.818. The molecule has 1 rings (SSSR count). The quantitative estimate of drug-likeness (QED) is 0.873. The average Bonchev–Trinajstić information content (AvgIpc) is 2.25. The Bertz CT molecular complexity index is 342. The van der Waals surface area contributed by atoms with Gasteiger partial charge in [0.25, 0.3) is 0 Å². The standard InChI is InChI=1S/C12H17BrFNO/c1-3-10(7-16)15-8(2)11-5-4-9(13)6-12(11)14/h4-6,8,10,15-16H,3,7H2,1-2H3. The summed E-state index contributed by atoms with van der Waals surface area (Å²) in [5.74, 6) is -0.234. The van der Waals surface area contributed by atoms with Crippen LogP contribution in [-0.2, 0) is 0 Å². The van der Waals surface area contributed by atoms with Gasteiger partial charge in [-0.25, -0.2) is 4.39 Å². The summed E-state index contributed by atoms with van der Waals surface area (Å²) in [5, 5.41) is 12.3. The van der Waals surface area contributed by atoms with Gasteiger partial charge in [-0.05, 0) is 25.5 Å². The van der Waals surface area contributed by atoms with E-state index >= 15 is 0 Å². The number of hydrogen-bond acceptors (Lipinski definition) is 2. The second-order valence-corrected chi connectivity index (χ2v) is 4.76. The number of aliphatic hydroxyl groups is 1. The molecule has 2 unspecified atom stereocenters. The molecule has 0 aromatic heterocycles. The molecular weight excluding hydrogens is 273 g/mol.